The second-order valence-corrected chi connectivity index (χ2v) is 6.20. The first-order chi connectivity index (χ1) is 12.4. The molecule has 0 radical (unpaired) electrons. The summed E-state index contributed by atoms with van der Waals surface area (Å²) < 4.78 is 10.6. The highest BCUT2D eigenvalue weighted by Gasteiger charge is 2.38. The second-order valence-electron chi connectivity index (χ2n) is 6.20. The van der Waals surface area contributed by atoms with Gasteiger partial charge in [0.15, 0.2) is 17.9 Å². The topological polar surface area (TPSA) is 47.7 Å². The van der Waals surface area contributed by atoms with Crippen molar-refractivity contribution in [1.29, 1.82) is 0 Å². The van der Waals surface area contributed by atoms with E-state index in [4.69, 9.17) is 4.42 Å². The van der Waals surface area contributed by atoms with E-state index in [1.54, 1.807) is 0 Å². The number of aromatic nitrogens is 4. The van der Waals surface area contributed by atoms with Crippen LogP contribution in [0, 0.1) is 0 Å². The Balaban J connectivity index is 1.78. The van der Waals surface area contributed by atoms with Crippen LogP contribution in [0.3, 0.4) is 0 Å². The molecule has 0 N–H and O–H groups in total. The summed E-state index contributed by atoms with van der Waals surface area (Å²) in [6.45, 7) is 0.772. The Labute approximate surface area is 142 Å². The minimum absolute atomic E-state index is 0.772. The molecule has 5 heterocycles. The highest BCUT2D eigenvalue weighted by molar-refractivity contribution is 6.02. The van der Waals surface area contributed by atoms with E-state index in [1.165, 1.54) is 5.56 Å². The van der Waals surface area contributed by atoms with E-state index in [0.29, 0.717) is 0 Å². The SMILES string of the molecule is c1ccc(-n2c3ncccc3c3c2oc2[n+]3Cc3cccnc3-2)cc1. The molecule has 0 unspecified atom stereocenters. The molecule has 5 aromatic rings. The van der Waals surface area contributed by atoms with Gasteiger partial charge in [-0.2, -0.15) is 0 Å². The van der Waals surface area contributed by atoms with Crippen LogP contribution in [0.1, 0.15) is 5.56 Å². The average molecular weight is 325 g/mol. The number of nitrogens with zero attached hydrogens (tertiary/aromatic N) is 4. The number of pyridine rings is 2. The highest BCUT2D eigenvalue weighted by atomic mass is 16.4. The zero-order valence-electron chi connectivity index (χ0n) is 13.3. The van der Waals surface area contributed by atoms with Crippen LogP contribution in [0.25, 0.3) is 39.5 Å². The van der Waals surface area contributed by atoms with Crippen molar-refractivity contribution in [2.75, 3.05) is 0 Å². The van der Waals surface area contributed by atoms with E-state index in [1.807, 2.05) is 42.7 Å². The molecule has 1 aliphatic heterocycles. The summed E-state index contributed by atoms with van der Waals surface area (Å²) >= 11 is 0. The van der Waals surface area contributed by atoms with Crippen molar-refractivity contribution in [1.82, 2.24) is 14.5 Å². The molecule has 1 aromatic carbocycles. The zero-order valence-corrected chi connectivity index (χ0v) is 13.3. The summed E-state index contributed by atoms with van der Waals surface area (Å²) in [6.07, 6.45) is 3.63. The van der Waals surface area contributed by atoms with Crippen LogP contribution in [-0.2, 0) is 6.54 Å². The molecule has 118 valence electrons. The maximum absolute atomic E-state index is 6.33. The van der Waals surface area contributed by atoms with Gasteiger partial charge in [0.05, 0.1) is 16.6 Å². The Morgan fingerprint density at radius 3 is 2.68 bits per heavy atom. The maximum atomic E-state index is 6.33. The molecule has 0 saturated carbocycles. The highest BCUT2D eigenvalue weighted by Crippen LogP contribution is 2.35. The molecule has 4 aromatic heterocycles. The third kappa shape index (κ3) is 1.59. The maximum Gasteiger partial charge on any atom is 0.402 e. The predicted molar refractivity (Wildman–Crippen MR) is 93.4 cm³/mol. The Morgan fingerprint density at radius 1 is 0.920 bits per heavy atom. The molecule has 5 heteroatoms. The van der Waals surface area contributed by atoms with Crippen molar-refractivity contribution in [3.05, 3.63) is 72.6 Å². The molecule has 25 heavy (non-hydrogen) atoms. The van der Waals surface area contributed by atoms with Gasteiger partial charge < -0.3 is 4.42 Å². The van der Waals surface area contributed by atoms with Gasteiger partial charge in [-0.3, -0.25) is 4.57 Å². The first kappa shape index (κ1) is 12.9. The fourth-order valence-electron chi connectivity index (χ4n) is 3.75. The van der Waals surface area contributed by atoms with E-state index in [0.717, 1.165) is 46.1 Å². The van der Waals surface area contributed by atoms with Crippen molar-refractivity contribution >= 4 is 22.3 Å². The van der Waals surface area contributed by atoms with E-state index < -0.39 is 0 Å². The first-order valence-corrected chi connectivity index (χ1v) is 8.23. The molecular formula is C20H13N4O+. The smallest absolute Gasteiger partial charge is 0.378 e. The fraction of sp³-hybridized carbons (Fsp3) is 0.0500. The summed E-state index contributed by atoms with van der Waals surface area (Å²) in [5.74, 6) is 0.816. The average Bonchev–Trinajstić information content (AvgIpc) is 3.29. The van der Waals surface area contributed by atoms with Crippen molar-refractivity contribution < 1.29 is 8.98 Å². The van der Waals surface area contributed by atoms with Crippen LogP contribution in [0.2, 0.25) is 0 Å². The second kappa shape index (κ2) is 4.54. The van der Waals surface area contributed by atoms with E-state index in [-0.39, 0.29) is 0 Å². The summed E-state index contributed by atoms with van der Waals surface area (Å²) in [6, 6.07) is 18.3. The van der Waals surface area contributed by atoms with Crippen molar-refractivity contribution in [2.45, 2.75) is 6.54 Å². The monoisotopic (exact) mass is 325 g/mol. The van der Waals surface area contributed by atoms with Crippen LogP contribution in [0.15, 0.2) is 71.4 Å². The normalized spacial score (nSPS) is 12.6. The van der Waals surface area contributed by atoms with Crippen LogP contribution >= 0.6 is 0 Å². The number of benzene rings is 1. The number of hydrogen-bond donors (Lipinski definition) is 0. The largest absolute Gasteiger partial charge is 0.402 e. The van der Waals surface area contributed by atoms with Crippen LogP contribution in [0.5, 0.6) is 0 Å². The molecule has 5 nitrogen and oxygen atoms in total. The number of oxazole rings is 1. The molecule has 0 atom stereocenters. The third-order valence-corrected chi connectivity index (χ3v) is 4.80. The lowest BCUT2D eigenvalue weighted by Crippen LogP contribution is -2.30. The summed E-state index contributed by atoms with van der Waals surface area (Å²) in [4.78, 5) is 9.13. The molecule has 0 spiro atoms. The fourth-order valence-corrected chi connectivity index (χ4v) is 3.75. The number of hydrogen-bond acceptors (Lipinski definition) is 3. The molecule has 0 fully saturated rings. The minimum atomic E-state index is 0.772. The molecule has 6 rings (SSSR count). The first-order valence-electron chi connectivity index (χ1n) is 8.23. The molecule has 0 amide bonds. The molecule has 0 bridgehead atoms. The summed E-state index contributed by atoms with van der Waals surface area (Å²) in [5.41, 5.74) is 5.94. The quantitative estimate of drug-likeness (QED) is 0.435. The van der Waals surface area contributed by atoms with E-state index >= 15 is 0 Å². The van der Waals surface area contributed by atoms with Crippen LogP contribution in [-0.4, -0.2) is 14.5 Å². The Bertz CT molecular complexity index is 1270. The zero-order chi connectivity index (χ0) is 16.4. The lowest BCUT2D eigenvalue weighted by atomic mass is 10.2. The van der Waals surface area contributed by atoms with Crippen LogP contribution < -0.4 is 4.57 Å². The van der Waals surface area contributed by atoms with Gasteiger partial charge in [0.2, 0.25) is 0 Å². The van der Waals surface area contributed by atoms with Gasteiger partial charge in [0.25, 0.3) is 11.2 Å². The summed E-state index contributed by atoms with van der Waals surface area (Å²) in [7, 11) is 0. The van der Waals surface area contributed by atoms with Gasteiger partial charge in [-0.05, 0) is 36.4 Å². The molecule has 0 aliphatic carbocycles. The molecule has 0 saturated heterocycles. The van der Waals surface area contributed by atoms with E-state index in [2.05, 4.69) is 43.4 Å². The van der Waals surface area contributed by atoms with Gasteiger partial charge in [0, 0.05) is 12.4 Å². The summed E-state index contributed by atoms with van der Waals surface area (Å²) in [5, 5.41) is 1.09. The molecular weight excluding hydrogens is 312 g/mol. The van der Waals surface area contributed by atoms with Crippen molar-refractivity contribution in [3.8, 4) is 17.3 Å². The van der Waals surface area contributed by atoms with Gasteiger partial charge in [-0.1, -0.05) is 18.2 Å². The van der Waals surface area contributed by atoms with Crippen molar-refractivity contribution in [2.24, 2.45) is 0 Å². The van der Waals surface area contributed by atoms with Gasteiger partial charge in [-0.25, -0.2) is 9.97 Å². The lowest BCUT2D eigenvalue weighted by Gasteiger charge is -2.03. The predicted octanol–water partition coefficient (Wildman–Crippen LogP) is 3.48. The van der Waals surface area contributed by atoms with Gasteiger partial charge >= 0.3 is 5.89 Å². The Hall–Kier alpha value is -3.47. The van der Waals surface area contributed by atoms with Gasteiger partial charge in [-0.15, -0.1) is 4.57 Å². The van der Waals surface area contributed by atoms with Gasteiger partial charge in [0.1, 0.15) is 0 Å². The Morgan fingerprint density at radius 2 is 1.76 bits per heavy atom. The number of rotatable bonds is 1. The lowest BCUT2D eigenvalue weighted by molar-refractivity contribution is -0.648. The number of fused-ring (bicyclic) bond motifs is 7. The standard InChI is InChI=1S/C20H13N4O/c1-2-7-14(8-3-1)24-18-15(9-5-11-22-18)17-20(24)25-19-16-13(12-23(17)19)6-4-10-21-16/h1-11H,12H2/q+1. The third-order valence-electron chi connectivity index (χ3n) is 4.80. The number of para-hydroxylation sites is 1. The minimum Gasteiger partial charge on any atom is -0.378 e. The molecule has 1 aliphatic rings. The van der Waals surface area contributed by atoms with Crippen LogP contribution in [0.4, 0.5) is 0 Å². The van der Waals surface area contributed by atoms with Crippen molar-refractivity contribution in [3.63, 3.8) is 0 Å². The van der Waals surface area contributed by atoms with E-state index in [9.17, 15) is 0 Å². The Kier molecular flexibility index (Phi) is 2.34.